The third-order valence-corrected chi connectivity index (χ3v) is 7.46. The number of carbonyl (C=O) groups excluding carboxylic acids is 1. The molecule has 39 heavy (non-hydrogen) atoms. The van der Waals surface area contributed by atoms with Crippen molar-refractivity contribution in [3.8, 4) is 5.69 Å². The second-order valence-corrected chi connectivity index (χ2v) is 10.8. The molecule has 1 aromatic heterocycles. The maximum absolute atomic E-state index is 14.3. The van der Waals surface area contributed by atoms with Crippen molar-refractivity contribution in [2.75, 3.05) is 6.54 Å². The van der Waals surface area contributed by atoms with E-state index < -0.39 is 6.04 Å². The number of amides is 1. The zero-order valence-corrected chi connectivity index (χ0v) is 23.3. The van der Waals surface area contributed by atoms with E-state index in [2.05, 4.69) is 19.9 Å². The molecule has 198 valence electrons. The molecule has 5 aromatic rings. The van der Waals surface area contributed by atoms with Gasteiger partial charge in [-0.15, -0.1) is 0 Å². The van der Waals surface area contributed by atoms with Gasteiger partial charge in [0, 0.05) is 12.1 Å². The highest BCUT2D eigenvalue weighted by Crippen LogP contribution is 2.28. The lowest BCUT2D eigenvalue weighted by Crippen LogP contribution is -2.38. The lowest BCUT2D eigenvalue weighted by atomic mass is 10.0. The highest BCUT2D eigenvalue weighted by Gasteiger charge is 2.29. The molecule has 0 N–H and O–H groups in total. The van der Waals surface area contributed by atoms with E-state index in [0.717, 1.165) is 34.0 Å². The molecule has 0 saturated heterocycles. The van der Waals surface area contributed by atoms with Gasteiger partial charge in [0.1, 0.15) is 5.82 Å². The van der Waals surface area contributed by atoms with Crippen molar-refractivity contribution in [1.82, 2.24) is 14.5 Å². The normalized spacial score (nSPS) is 12.3. The number of nitrogens with zero attached hydrogens (tertiary/aromatic N) is 3. The van der Waals surface area contributed by atoms with Crippen molar-refractivity contribution < 1.29 is 4.79 Å². The maximum Gasteiger partial charge on any atom is 0.266 e. The van der Waals surface area contributed by atoms with Crippen molar-refractivity contribution in [3.05, 3.63) is 118 Å². The van der Waals surface area contributed by atoms with Crippen LogP contribution in [0, 0.1) is 19.8 Å². The molecule has 1 heterocycles. The summed E-state index contributed by atoms with van der Waals surface area (Å²) >= 11 is 0. The van der Waals surface area contributed by atoms with Gasteiger partial charge in [0.05, 0.1) is 22.6 Å². The number of carbonyl (C=O) groups is 1. The molecular formula is C34H35N3O2. The first-order valence-electron chi connectivity index (χ1n) is 13.6. The van der Waals surface area contributed by atoms with Gasteiger partial charge >= 0.3 is 0 Å². The Bertz CT molecular complexity index is 1730. The summed E-state index contributed by atoms with van der Waals surface area (Å²) in [5, 5.41) is 2.50. The molecule has 4 aromatic carbocycles. The number of rotatable bonds is 7. The van der Waals surface area contributed by atoms with Crippen molar-refractivity contribution in [2.24, 2.45) is 5.92 Å². The van der Waals surface area contributed by atoms with Crippen molar-refractivity contribution >= 4 is 27.6 Å². The zero-order valence-electron chi connectivity index (χ0n) is 23.3. The molecule has 0 aliphatic heterocycles. The number of benzene rings is 4. The van der Waals surface area contributed by atoms with Crippen LogP contribution < -0.4 is 5.56 Å². The molecule has 0 bridgehead atoms. The maximum atomic E-state index is 14.3. The van der Waals surface area contributed by atoms with Crippen molar-refractivity contribution in [1.29, 1.82) is 0 Å². The van der Waals surface area contributed by atoms with Crippen LogP contribution in [0.4, 0.5) is 0 Å². The van der Waals surface area contributed by atoms with Crippen molar-refractivity contribution in [2.45, 2.75) is 47.1 Å². The Morgan fingerprint density at radius 2 is 1.56 bits per heavy atom. The average molecular weight is 518 g/mol. The lowest BCUT2D eigenvalue weighted by molar-refractivity contribution is 0.0673. The summed E-state index contributed by atoms with van der Waals surface area (Å²) in [4.78, 5) is 35.2. The fourth-order valence-electron chi connectivity index (χ4n) is 5.29. The molecule has 1 unspecified atom stereocenters. The van der Waals surface area contributed by atoms with Gasteiger partial charge in [-0.2, -0.15) is 0 Å². The fourth-order valence-corrected chi connectivity index (χ4v) is 5.29. The predicted octanol–water partition coefficient (Wildman–Crippen LogP) is 7.41. The molecule has 0 spiro atoms. The van der Waals surface area contributed by atoms with Crippen molar-refractivity contribution in [3.63, 3.8) is 0 Å². The highest BCUT2D eigenvalue weighted by atomic mass is 16.2. The van der Waals surface area contributed by atoms with E-state index in [-0.39, 0.29) is 11.5 Å². The van der Waals surface area contributed by atoms with E-state index >= 15 is 0 Å². The molecule has 0 radical (unpaired) electrons. The molecule has 0 saturated carbocycles. The first kappa shape index (κ1) is 26.4. The Balaban J connectivity index is 1.72. The molecule has 0 aliphatic carbocycles. The van der Waals surface area contributed by atoms with Gasteiger partial charge in [-0.1, -0.05) is 80.1 Å². The monoisotopic (exact) mass is 517 g/mol. The van der Waals surface area contributed by atoms with Crippen LogP contribution in [0.1, 0.15) is 60.5 Å². The number of para-hydroxylation sites is 1. The van der Waals surface area contributed by atoms with Gasteiger partial charge < -0.3 is 4.90 Å². The Labute approximate surface area is 229 Å². The summed E-state index contributed by atoms with van der Waals surface area (Å²) in [5.74, 6) is 0.906. The molecule has 1 amide bonds. The van der Waals surface area contributed by atoms with E-state index in [4.69, 9.17) is 4.98 Å². The van der Waals surface area contributed by atoms with Crippen LogP contribution in [0.2, 0.25) is 0 Å². The zero-order chi connectivity index (χ0) is 27.7. The minimum Gasteiger partial charge on any atom is -0.329 e. The Morgan fingerprint density at radius 1 is 0.872 bits per heavy atom. The van der Waals surface area contributed by atoms with Crippen LogP contribution in [-0.2, 0) is 0 Å². The molecule has 0 fully saturated rings. The van der Waals surface area contributed by atoms with Gasteiger partial charge in [-0.3, -0.25) is 14.2 Å². The molecular weight excluding hydrogens is 482 g/mol. The summed E-state index contributed by atoms with van der Waals surface area (Å²) < 4.78 is 1.71. The van der Waals surface area contributed by atoms with E-state index in [1.807, 2.05) is 105 Å². The second kappa shape index (κ2) is 10.9. The molecule has 5 heteroatoms. The lowest BCUT2D eigenvalue weighted by Gasteiger charge is -2.32. The molecule has 1 atom stereocenters. The minimum absolute atomic E-state index is 0.0606. The number of fused-ring (bicyclic) bond motifs is 2. The van der Waals surface area contributed by atoms with Crippen LogP contribution in [0.3, 0.4) is 0 Å². The summed E-state index contributed by atoms with van der Waals surface area (Å²) in [6.07, 6.45) is 0.836. The predicted molar refractivity (Wildman–Crippen MR) is 160 cm³/mol. The SMILES string of the molecule is Cc1ccc(-n2c(C(C)N(CCC(C)C)C(=O)c3cccc4ccccc34)nc3ccccc3c2=O)c(C)c1. The number of hydrogen-bond acceptors (Lipinski definition) is 3. The number of hydrogen-bond donors (Lipinski definition) is 0. The molecule has 0 aliphatic rings. The van der Waals surface area contributed by atoms with E-state index in [9.17, 15) is 9.59 Å². The third-order valence-electron chi connectivity index (χ3n) is 7.46. The summed E-state index contributed by atoms with van der Waals surface area (Å²) in [7, 11) is 0. The van der Waals surface area contributed by atoms with Gasteiger partial charge in [0.25, 0.3) is 11.5 Å². The van der Waals surface area contributed by atoms with Gasteiger partial charge in [0.2, 0.25) is 0 Å². The summed E-state index contributed by atoms with van der Waals surface area (Å²) in [6, 6.07) is 26.9. The van der Waals surface area contributed by atoms with Gasteiger partial charge in [-0.25, -0.2) is 4.98 Å². The Kier molecular flexibility index (Phi) is 7.34. The van der Waals surface area contributed by atoms with Crippen LogP contribution in [0.15, 0.2) is 89.7 Å². The number of aryl methyl sites for hydroxylation is 2. The van der Waals surface area contributed by atoms with E-state index in [1.54, 1.807) is 4.57 Å². The first-order valence-corrected chi connectivity index (χ1v) is 13.6. The average Bonchev–Trinajstić information content (AvgIpc) is 2.93. The highest BCUT2D eigenvalue weighted by molar-refractivity contribution is 6.07. The summed E-state index contributed by atoms with van der Waals surface area (Å²) in [5.41, 5.74) is 4.05. The van der Waals surface area contributed by atoms with Crippen LogP contribution in [0.5, 0.6) is 0 Å². The summed E-state index contributed by atoms with van der Waals surface area (Å²) in [6.45, 7) is 10.9. The standard InChI is InChI=1S/C34H35N3O2/c1-22(2)19-20-36(33(38)28-15-10-12-26-11-6-7-13-27(26)28)25(5)32-35-30-16-9-8-14-29(30)34(39)37(32)31-18-17-23(3)21-24(31)4/h6-18,21-22,25H,19-20H2,1-5H3. The number of aromatic nitrogens is 2. The molecule has 5 nitrogen and oxygen atoms in total. The first-order chi connectivity index (χ1) is 18.8. The Morgan fingerprint density at radius 3 is 2.31 bits per heavy atom. The van der Waals surface area contributed by atoms with Gasteiger partial charge in [-0.05, 0) is 73.7 Å². The quantitative estimate of drug-likeness (QED) is 0.226. The largest absolute Gasteiger partial charge is 0.329 e. The van der Waals surface area contributed by atoms with E-state index in [0.29, 0.717) is 34.8 Å². The van der Waals surface area contributed by atoms with Crippen LogP contribution in [0.25, 0.3) is 27.4 Å². The minimum atomic E-state index is -0.451. The van der Waals surface area contributed by atoms with Crippen LogP contribution in [-0.4, -0.2) is 26.9 Å². The third kappa shape index (κ3) is 5.09. The second-order valence-electron chi connectivity index (χ2n) is 10.8. The van der Waals surface area contributed by atoms with E-state index in [1.165, 1.54) is 0 Å². The Hall–Kier alpha value is -4.25. The topological polar surface area (TPSA) is 55.2 Å². The van der Waals surface area contributed by atoms with Crippen LogP contribution >= 0.6 is 0 Å². The smallest absolute Gasteiger partial charge is 0.266 e. The fraction of sp³-hybridized carbons (Fsp3) is 0.265. The molecule has 5 rings (SSSR count). The van der Waals surface area contributed by atoms with Gasteiger partial charge in [0.15, 0.2) is 0 Å².